The van der Waals surface area contributed by atoms with Crippen LogP contribution in [0.1, 0.15) is 11.1 Å². The molecule has 0 bridgehead atoms. The molecule has 28 heavy (non-hydrogen) atoms. The van der Waals surface area contributed by atoms with Crippen LogP contribution in [0.25, 0.3) is 28.1 Å². The van der Waals surface area contributed by atoms with Crippen LogP contribution in [0, 0.1) is 19.7 Å². The number of halogens is 1. The standard InChI is InChI=1S/C23H20FN3O/c1-15-8-16(2)10-17(9-15)21-12-26-14-27(21)22-13-25-7-6-19(22)20-5-4-18(24)11-23(20)28-3/h4-14H,1-3H3. The second-order valence-electron chi connectivity index (χ2n) is 6.76. The molecule has 2 heterocycles. The monoisotopic (exact) mass is 373 g/mol. The molecule has 0 saturated heterocycles. The summed E-state index contributed by atoms with van der Waals surface area (Å²) in [4.78, 5) is 8.68. The van der Waals surface area contributed by atoms with Gasteiger partial charge in [0.2, 0.25) is 0 Å². The lowest BCUT2D eigenvalue weighted by molar-refractivity contribution is 0.413. The van der Waals surface area contributed by atoms with Crippen LogP contribution in [0.15, 0.2) is 67.4 Å². The summed E-state index contributed by atoms with van der Waals surface area (Å²) in [5.41, 5.74) is 6.94. The maximum atomic E-state index is 13.7. The lowest BCUT2D eigenvalue weighted by Gasteiger charge is -2.16. The van der Waals surface area contributed by atoms with Gasteiger partial charge in [0.25, 0.3) is 0 Å². The highest BCUT2D eigenvalue weighted by Gasteiger charge is 2.16. The lowest BCUT2D eigenvalue weighted by atomic mass is 10.0. The van der Waals surface area contributed by atoms with Crippen molar-refractivity contribution in [3.8, 4) is 33.8 Å². The summed E-state index contributed by atoms with van der Waals surface area (Å²) < 4.78 is 21.1. The predicted octanol–water partition coefficient (Wildman–Crippen LogP) is 5.37. The van der Waals surface area contributed by atoms with Crippen molar-refractivity contribution in [3.05, 3.63) is 84.3 Å². The van der Waals surface area contributed by atoms with Crippen LogP contribution in [-0.4, -0.2) is 21.6 Å². The number of benzene rings is 2. The van der Waals surface area contributed by atoms with Crippen LogP contribution in [0.3, 0.4) is 0 Å². The van der Waals surface area contributed by atoms with Gasteiger partial charge in [0, 0.05) is 29.0 Å². The van der Waals surface area contributed by atoms with Crippen molar-refractivity contribution >= 4 is 0 Å². The van der Waals surface area contributed by atoms with Crippen LogP contribution in [0.4, 0.5) is 4.39 Å². The zero-order chi connectivity index (χ0) is 19.7. The number of pyridine rings is 1. The van der Waals surface area contributed by atoms with Gasteiger partial charge in [-0.15, -0.1) is 0 Å². The van der Waals surface area contributed by atoms with Gasteiger partial charge < -0.3 is 4.74 Å². The zero-order valence-electron chi connectivity index (χ0n) is 16.0. The average Bonchev–Trinajstić information content (AvgIpc) is 3.17. The Hall–Kier alpha value is -3.47. The molecule has 0 N–H and O–H groups in total. The molecule has 0 spiro atoms. The molecule has 0 fully saturated rings. The molecule has 0 atom stereocenters. The molecule has 4 rings (SSSR count). The van der Waals surface area contributed by atoms with Gasteiger partial charge in [-0.2, -0.15) is 0 Å². The van der Waals surface area contributed by atoms with Gasteiger partial charge in [0.15, 0.2) is 0 Å². The first-order valence-electron chi connectivity index (χ1n) is 8.96. The Bertz CT molecular complexity index is 1130. The van der Waals surface area contributed by atoms with E-state index in [0.29, 0.717) is 5.75 Å². The lowest BCUT2D eigenvalue weighted by Crippen LogP contribution is -2.00. The quantitative estimate of drug-likeness (QED) is 0.483. The van der Waals surface area contributed by atoms with Crippen molar-refractivity contribution in [1.29, 1.82) is 0 Å². The summed E-state index contributed by atoms with van der Waals surface area (Å²) in [5, 5.41) is 0. The fourth-order valence-electron chi connectivity index (χ4n) is 3.52. The summed E-state index contributed by atoms with van der Waals surface area (Å²) in [6.07, 6.45) is 7.11. The minimum absolute atomic E-state index is 0.338. The van der Waals surface area contributed by atoms with E-state index in [-0.39, 0.29) is 5.82 Å². The SMILES string of the molecule is COc1cc(F)ccc1-c1ccncc1-n1cncc1-c1cc(C)cc(C)c1. The third-order valence-corrected chi connectivity index (χ3v) is 4.67. The molecule has 0 radical (unpaired) electrons. The van der Waals surface area contributed by atoms with Gasteiger partial charge in [-0.3, -0.25) is 9.55 Å². The van der Waals surface area contributed by atoms with Crippen molar-refractivity contribution < 1.29 is 9.13 Å². The van der Waals surface area contributed by atoms with Crippen LogP contribution in [-0.2, 0) is 0 Å². The van der Waals surface area contributed by atoms with Crippen LogP contribution >= 0.6 is 0 Å². The van der Waals surface area contributed by atoms with E-state index < -0.39 is 0 Å². The van der Waals surface area contributed by atoms with Crippen molar-refractivity contribution in [3.63, 3.8) is 0 Å². The van der Waals surface area contributed by atoms with E-state index in [0.717, 1.165) is 28.1 Å². The largest absolute Gasteiger partial charge is 0.496 e. The third-order valence-electron chi connectivity index (χ3n) is 4.67. The molecule has 2 aromatic heterocycles. The Morgan fingerprint density at radius 3 is 2.43 bits per heavy atom. The minimum Gasteiger partial charge on any atom is -0.496 e. The Kier molecular flexibility index (Phi) is 4.65. The number of methoxy groups -OCH3 is 1. The van der Waals surface area contributed by atoms with Crippen molar-refractivity contribution in [2.45, 2.75) is 13.8 Å². The number of imidazole rings is 1. The second kappa shape index (κ2) is 7.27. The van der Waals surface area contributed by atoms with Gasteiger partial charge in [0.05, 0.1) is 37.2 Å². The molecule has 0 unspecified atom stereocenters. The third kappa shape index (κ3) is 3.27. The van der Waals surface area contributed by atoms with Crippen molar-refractivity contribution in [2.75, 3.05) is 7.11 Å². The zero-order valence-corrected chi connectivity index (χ0v) is 16.0. The molecule has 140 valence electrons. The highest BCUT2D eigenvalue weighted by atomic mass is 19.1. The summed E-state index contributed by atoms with van der Waals surface area (Å²) >= 11 is 0. The Morgan fingerprint density at radius 2 is 1.68 bits per heavy atom. The summed E-state index contributed by atoms with van der Waals surface area (Å²) in [5.74, 6) is 0.135. The van der Waals surface area contributed by atoms with E-state index in [9.17, 15) is 4.39 Å². The van der Waals surface area contributed by atoms with E-state index in [1.165, 1.54) is 30.4 Å². The van der Waals surface area contributed by atoms with E-state index in [2.05, 4.69) is 42.0 Å². The van der Waals surface area contributed by atoms with E-state index in [1.807, 2.05) is 16.8 Å². The average molecular weight is 373 g/mol. The first-order valence-corrected chi connectivity index (χ1v) is 8.96. The van der Waals surface area contributed by atoms with Crippen LogP contribution in [0.2, 0.25) is 0 Å². The molecule has 4 nitrogen and oxygen atoms in total. The highest BCUT2D eigenvalue weighted by molar-refractivity contribution is 5.79. The smallest absolute Gasteiger partial charge is 0.129 e. The maximum absolute atomic E-state index is 13.7. The predicted molar refractivity (Wildman–Crippen MR) is 108 cm³/mol. The number of ether oxygens (including phenoxy) is 1. The Balaban J connectivity index is 1.91. The van der Waals surface area contributed by atoms with E-state index in [4.69, 9.17) is 4.74 Å². The van der Waals surface area contributed by atoms with E-state index in [1.54, 1.807) is 24.8 Å². The first-order chi connectivity index (χ1) is 13.6. The summed E-state index contributed by atoms with van der Waals surface area (Å²) in [7, 11) is 1.54. The molecule has 2 aromatic carbocycles. The van der Waals surface area contributed by atoms with Crippen LogP contribution < -0.4 is 4.74 Å². The normalized spacial score (nSPS) is 10.9. The second-order valence-corrected chi connectivity index (χ2v) is 6.76. The molecule has 0 amide bonds. The fourth-order valence-corrected chi connectivity index (χ4v) is 3.52. The molecule has 0 aliphatic carbocycles. The van der Waals surface area contributed by atoms with Gasteiger partial charge in [0.1, 0.15) is 11.6 Å². The van der Waals surface area contributed by atoms with Gasteiger partial charge in [-0.05, 0) is 44.2 Å². The number of aromatic nitrogens is 3. The minimum atomic E-state index is -0.338. The molecule has 0 aliphatic rings. The number of nitrogens with zero attached hydrogens (tertiary/aromatic N) is 3. The number of hydrogen-bond acceptors (Lipinski definition) is 3. The molecular formula is C23H20FN3O. The molecule has 5 heteroatoms. The van der Waals surface area contributed by atoms with Gasteiger partial charge >= 0.3 is 0 Å². The number of aryl methyl sites for hydroxylation is 2. The fraction of sp³-hybridized carbons (Fsp3) is 0.130. The highest BCUT2D eigenvalue weighted by Crippen LogP contribution is 2.36. The van der Waals surface area contributed by atoms with Gasteiger partial charge in [-0.25, -0.2) is 9.37 Å². The molecule has 0 aliphatic heterocycles. The Labute approximate surface area is 163 Å². The molecule has 0 saturated carbocycles. The molecular weight excluding hydrogens is 353 g/mol. The maximum Gasteiger partial charge on any atom is 0.129 e. The van der Waals surface area contributed by atoms with Crippen molar-refractivity contribution in [1.82, 2.24) is 14.5 Å². The van der Waals surface area contributed by atoms with E-state index >= 15 is 0 Å². The summed E-state index contributed by atoms with van der Waals surface area (Å²) in [6, 6.07) is 12.9. The topological polar surface area (TPSA) is 39.9 Å². The number of rotatable bonds is 4. The van der Waals surface area contributed by atoms with Gasteiger partial charge in [-0.1, -0.05) is 17.2 Å². The number of hydrogen-bond donors (Lipinski definition) is 0. The van der Waals surface area contributed by atoms with Crippen molar-refractivity contribution in [2.24, 2.45) is 0 Å². The molecule has 4 aromatic rings. The van der Waals surface area contributed by atoms with Crippen LogP contribution in [0.5, 0.6) is 5.75 Å². The summed E-state index contributed by atoms with van der Waals surface area (Å²) in [6.45, 7) is 4.16. The first kappa shape index (κ1) is 17.9. The Morgan fingerprint density at radius 1 is 0.893 bits per heavy atom.